The summed E-state index contributed by atoms with van der Waals surface area (Å²) in [5, 5.41) is 0. The fraction of sp³-hybridized carbons (Fsp3) is 0.400. The molecule has 0 heterocycles. The number of carbonyl (C=O) groups is 1. The summed E-state index contributed by atoms with van der Waals surface area (Å²) in [5.41, 5.74) is 1.02. The molecule has 21 heavy (non-hydrogen) atoms. The number of carbonyl (C=O) groups excluding carboxylic acids is 1. The summed E-state index contributed by atoms with van der Waals surface area (Å²) in [6.07, 6.45) is 1.57. The molecule has 1 aromatic carbocycles. The number of esters is 1. The van der Waals surface area contributed by atoms with E-state index in [1.54, 1.807) is 51.1 Å². The van der Waals surface area contributed by atoms with Gasteiger partial charge in [-0.05, 0) is 38.5 Å². The van der Waals surface area contributed by atoms with Crippen LogP contribution in [0.1, 0.15) is 36.7 Å². The molecule has 1 rings (SSSR count). The Labute approximate surface area is 125 Å². The van der Waals surface area contributed by atoms with Crippen LogP contribution in [-0.4, -0.2) is 25.8 Å². The molecule has 0 amide bonds. The first-order valence-electron chi connectivity index (χ1n) is 6.90. The smallest absolute Gasteiger partial charge is 0.354 e. The molecule has 0 fully saturated rings. The molecule has 0 unspecified atom stereocenters. The van der Waals surface area contributed by atoms with E-state index in [0.29, 0.717) is 17.7 Å². The summed E-state index contributed by atoms with van der Waals surface area (Å²) in [7, 11) is -3.28. The summed E-state index contributed by atoms with van der Waals surface area (Å²) in [6, 6.07) is 6.93. The first kappa shape index (κ1) is 17.6. The molecule has 0 bridgehead atoms. The lowest BCUT2D eigenvalue weighted by Gasteiger charge is -2.13. The maximum absolute atomic E-state index is 12.3. The lowest BCUT2D eigenvalue weighted by atomic mass is 10.1. The summed E-state index contributed by atoms with van der Waals surface area (Å²) in [4.78, 5) is 11.9. The van der Waals surface area contributed by atoms with E-state index in [2.05, 4.69) is 0 Å². The van der Waals surface area contributed by atoms with Gasteiger partial charge >= 0.3 is 13.6 Å². The standard InChI is InChI=1S/C15H21O5P/c1-4-18-15(16)14-10-8-7-9-13(14)11-12-21(17,19-5-2)20-6-3/h7-12H,4-6H2,1-3H3/b12-11+. The molecule has 0 aliphatic heterocycles. The second kappa shape index (κ2) is 8.78. The van der Waals surface area contributed by atoms with Crippen molar-refractivity contribution in [3.63, 3.8) is 0 Å². The van der Waals surface area contributed by atoms with E-state index in [-0.39, 0.29) is 13.2 Å². The van der Waals surface area contributed by atoms with E-state index < -0.39 is 13.6 Å². The number of hydrogen-bond donors (Lipinski definition) is 0. The lowest BCUT2D eigenvalue weighted by Crippen LogP contribution is -2.06. The molecule has 0 spiro atoms. The lowest BCUT2D eigenvalue weighted by molar-refractivity contribution is 0.0526. The highest BCUT2D eigenvalue weighted by Crippen LogP contribution is 2.50. The second-order valence-electron chi connectivity index (χ2n) is 4.00. The highest BCUT2D eigenvalue weighted by atomic mass is 31.2. The average molecular weight is 312 g/mol. The maximum Gasteiger partial charge on any atom is 0.354 e. The number of hydrogen-bond acceptors (Lipinski definition) is 5. The quantitative estimate of drug-likeness (QED) is 0.534. The molecule has 116 valence electrons. The molecule has 0 saturated carbocycles. The Kier molecular flexibility index (Phi) is 7.37. The van der Waals surface area contributed by atoms with E-state index in [0.717, 1.165) is 0 Å². The molecule has 1 aromatic rings. The largest absolute Gasteiger partial charge is 0.462 e. The monoisotopic (exact) mass is 312 g/mol. The molecule has 5 nitrogen and oxygen atoms in total. The van der Waals surface area contributed by atoms with Gasteiger partial charge in [-0.15, -0.1) is 0 Å². The van der Waals surface area contributed by atoms with Gasteiger partial charge in [-0.2, -0.15) is 0 Å². The van der Waals surface area contributed by atoms with Crippen LogP contribution in [0.25, 0.3) is 6.08 Å². The van der Waals surface area contributed by atoms with Crippen molar-refractivity contribution in [2.24, 2.45) is 0 Å². The maximum atomic E-state index is 12.3. The predicted octanol–water partition coefficient (Wildman–Crippen LogP) is 4.10. The minimum absolute atomic E-state index is 0.279. The zero-order valence-electron chi connectivity index (χ0n) is 12.6. The zero-order valence-corrected chi connectivity index (χ0v) is 13.5. The second-order valence-corrected chi connectivity index (χ2v) is 5.89. The Hall–Kier alpha value is -1.42. The van der Waals surface area contributed by atoms with E-state index in [4.69, 9.17) is 13.8 Å². The van der Waals surface area contributed by atoms with Crippen molar-refractivity contribution in [3.8, 4) is 0 Å². The van der Waals surface area contributed by atoms with Crippen LogP contribution in [0, 0.1) is 0 Å². The summed E-state index contributed by atoms with van der Waals surface area (Å²) < 4.78 is 27.7. The van der Waals surface area contributed by atoms with Crippen LogP contribution >= 0.6 is 7.60 Å². The van der Waals surface area contributed by atoms with E-state index >= 15 is 0 Å². The molecule has 0 aliphatic carbocycles. The Morgan fingerprint density at radius 2 is 1.71 bits per heavy atom. The first-order valence-corrected chi connectivity index (χ1v) is 8.51. The van der Waals surface area contributed by atoms with Crippen molar-refractivity contribution in [1.82, 2.24) is 0 Å². The molecular formula is C15H21O5P. The predicted molar refractivity (Wildman–Crippen MR) is 82.3 cm³/mol. The normalized spacial score (nSPS) is 11.8. The number of benzene rings is 1. The minimum Gasteiger partial charge on any atom is -0.462 e. The molecule has 0 N–H and O–H groups in total. The third-order valence-electron chi connectivity index (χ3n) is 2.51. The molecule has 0 aromatic heterocycles. The van der Waals surface area contributed by atoms with Crippen molar-refractivity contribution in [3.05, 3.63) is 41.2 Å². The molecule has 0 radical (unpaired) electrons. The Morgan fingerprint density at radius 3 is 2.29 bits per heavy atom. The van der Waals surface area contributed by atoms with Crippen LogP contribution in [0.4, 0.5) is 0 Å². The van der Waals surface area contributed by atoms with Crippen LogP contribution in [-0.2, 0) is 18.3 Å². The van der Waals surface area contributed by atoms with Crippen LogP contribution in [0.3, 0.4) is 0 Å². The van der Waals surface area contributed by atoms with Gasteiger partial charge in [0.2, 0.25) is 0 Å². The van der Waals surface area contributed by atoms with Gasteiger partial charge in [-0.1, -0.05) is 18.2 Å². The fourth-order valence-electron chi connectivity index (χ4n) is 1.69. The van der Waals surface area contributed by atoms with Gasteiger partial charge in [0, 0.05) is 5.82 Å². The summed E-state index contributed by atoms with van der Waals surface area (Å²) >= 11 is 0. The minimum atomic E-state index is -3.28. The van der Waals surface area contributed by atoms with Gasteiger partial charge in [0.15, 0.2) is 0 Å². The van der Waals surface area contributed by atoms with Crippen molar-refractivity contribution < 1.29 is 23.1 Å². The molecular weight excluding hydrogens is 291 g/mol. The van der Waals surface area contributed by atoms with Crippen LogP contribution < -0.4 is 0 Å². The molecule has 0 aliphatic rings. The van der Waals surface area contributed by atoms with Crippen molar-refractivity contribution >= 4 is 19.6 Å². The van der Waals surface area contributed by atoms with Crippen LogP contribution in [0.15, 0.2) is 30.1 Å². The van der Waals surface area contributed by atoms with Crippen molar-refractivity contribution in [1.29, 1.82) is 0 Å². The third kappa shape index (κ3) is 5.46. The number of ether oxygens (including phenoxy) is 1. The van der Waals surface area contributed by atoms with Crippen LogP contribution in [0.2, 0.25) is 0 Å². The van der Waals surface area contributed by atoms with Gasteiger partial charge in [-0.25, -0.2) is 4.79 Å². The van der Waals surface area contributed by atoms with Gasteiger partial charge in [-0.3, -0.25) is 4.57 Å². The SMILES string of the molecule is CCOC(=O)c1ccccc1/C=C/P(=O)(OCC)OCC. The Bertz CT molecular complexity index is 529. The molecule has 6 heteroatoms. The highest BCUT2D eigenvalue weighted by molar-refractivity contribution is 7.57. The third-order valence-corrected chi connectivity index (χ3v) is 4.26. The van der Waals surface area contributed by atoms with Gasteiger partial charge in [0.1, 0.15) is 0 Å². The van der Waals surface area contributed by atoms with Crippen molar-refractivity contribution in [2.75, 3.05) is 19.8 Å². The van der Waals surface area contributed by atoms with Crippen LogP contribution in [0.5, 0.6) is 0 Å². The number of rotatable bonds is 8. The Morgan fingerprint density at radius 1 is 1.10 bits per heavy atom. The summed E-state index contributed by atoms with van der Waals surface area (Å²) in [5.74, 6) is 0.957. The fourth-order valence-corrected chi connectivity index (χ4v) is 3.00. The topological polar surface area (TPSA) is 61.8 Å². The Balaban J connectivity index is 3.03. The highest BCUT2D eigenvalue weighted by Gasteiger charge is 2.19. The van der Waals surface area contributed by atoms with E-state index in [9.17, 15) is 9.36 Å². The van der Waals surface area contributed by atoms with Gasteiger partial charge in [0.05, 0.1) is 25.4 Å². The van der Waals surface area contributed by atoms with E-state index in [1.807, 2.05) is 0 Å². The molecule has 0 saturated heterocycles. The van der Waals surface area contributed by atoms with Crippen molar-refractivity contribution in [2.45, 2.75) is 20.8 Å². The summed E-state index contributed by atoms with van der Waals surface area (Å²) in [6.45, 7) is 6.09. The zero-order chi connectivity index (χ0) is 15.7. The van der Waals surface area contributed by atoms with Gasteiger partial charge in [0.25, 0.3) is 0 Å². The van der Waals surface area contributed by atoms with E-state index in [1.165, 1.54) is 5.82 Å². The van der Waals surface area contributed by atoms with Gasteiger partial charge < -0.3 is 13.8 Å². The average Bonchev–Trinajstić information content (AvgIpc) is 2.46. The molecule has 0 atom stereocenters. The first-order chi connectivity index (χ1) is 10.1.